The number of hydrogen-bond donors (Lipinski definition) is 2. The summed E-state index contributed by atoms with van der Waals surface area (Å²) in [5.41, 5.74) is 1.63. The molecule has 0 radical (unpaired) electrons. The monoisotopic (exact) mass is 441 g/mol. The van der Waals surface area contributed by atoms with Gasteiger partial charge < -0.3 is 16.3 Å². The number of benzene rings is 1. The molecule has 3 aromatic rings. The zero-order valence-corrected chi connectivity index (χ0v) is 16.2. The largest absolute Gasteiger partial charge is 0.489 e. The number of ether oxygens (including phenoxy) is 1. The van der Waals surface area contributed by atoms with Gasteiger partial charge in [-0.15, -0.1) is 0 Å². The van der Waals surface area contributed by atoms with Crippen molar-refractivity contribution in [3.63, 3.8) is 0 Å². The topological polar surface area (TPSA) is 118 Å². The highest BCUT2D eigenvalue weighted by Crippen LogP contribution is 2.29. The molecule has 158 valence electrons. The average molecular weight is 442 g/mol. The van der Waals surface area contributed by atoms with Crippen LogP contribution < -0.4 is 27.6 Å². The highest BCUT2D eigenvalue weighted by molar-refractivity contribution is 6.29. The number of pyridine rings is 1. The van der Waals surface area contributed by atoms with Gasteiger partial charge in [-0.1, -0.05) is 17.7 Å². The van der Waals surface area contributed by atoms with Crippen molar-refractivity contribution in [1.29, 1.82) is 0 Å². The summed E-state index contributed by atoms with van der Waals surface area (Å²) in [5.74, 6) is 5.62. The number of hydrogen-bond acceptors (Lipinski definition) is 6. The lowest BCUT2D eigenvalue weighted by Gasteiger charge is -2.17. The van der Waals surface area contributed by atoms with E-state index in [-0.39, 0.29) is 22.7 Å². The fourth-order valence-electron chi connectivity index (χ4n) is 2.79. The quantitative estimate of drug-likeness (QED) is 0.364. The molecular formula is C18H15ClF3N5O3. The summed E-state index contributed by atoms with van der Waals surface area (Å²) in [5, 5.41) is 0.329. The highest BCUT2D eigenvalue weighted by atomic mass is 35.5. The van der Waals surface area contributed by atoms with E-state index in [0.29, 0.717) is 15.5 Å². The van der Waals surface area contributed by atoms with Crippen LogP contribution >= 0.6 is 11.6 Å². The van der Waals surface area contributed by atoms with E-state index in [1.54, 1.807) is 12.1 Å². The van der Waals surface area contributed by atoms with Gasteiger partial charge in [-0.25, -0.2) is 19.0 Å². The van der Waals surface area contributed by atoms with Gasteiger partial charge in [-0.2, -0.15) is 13.2 Å². The minimum absolute atomic E-state index is 0.0694. The van der Waals surface area contributed by atoms with E-state index in [2.05, 4.69) is 4.98 Å². The third-order valence-corrected chi connectivity index (χ3v) is 4.44. The van der Waals surface area contributed by atoms with Gasteiger partial charge in [-0.05, 0) is 25.1 Å². The normalized spacial score (nSPS) is 11.5. The zero-order valence-electron chi connectivity index (χ0n) is 15.4. The maximum Gasteiger partial charge on any atom is 0.433 e. The van der Waals surface area contributed by atoms with Crippen molar-refractivity contribution < 1.29 is 17.9 Å². The van der Waals surface area contributed by atoms with Crippen LogP contribution in [-0.2, 0) is 12.8 Å². The van der Waals surface area contributed by atoms with Crippen molar-refractivity contribution in [2.45, 2.75) is 19.7 Å². The third-order valence-electron chi connectivity index (χ3n) is 4.22. The van der Waals surface area contributed by atoms with Gasteiger partial charge in [0.1, 0.15) is 17.5 Å². The molecular weight excluding hydrogens is 427 g/mol. The Morgan fingerprint density at radius 2 is 1.90 bits per heavy atom. The molecule has 0 saturated heterocycles. The second-order valence-electron chi connectivity index (χ2n) is 6.26. The van der Waals surface area contributed by atoms with E-state index in [1.165, 1.54) is 24.4 Å². The van der Waals surface area contributed by atoms with Crippen LogP contribution in [0.4, 0.5) is 18.9 Å². The number of nitrogens with zero attached hydrogens (tertiary/aromatic N) is 3. The molecule has 2 aromatic heterocycles. The Bertz CT molecular complexity index is 1180. The molecule has 0 bridgehead atoms. The molecule has 0 fully saturated rings. The van der Waals surface area contributed by atoms with Gasteiger partial charge >= 0.3 is 11.9 Å². The molecule has 0 amide bonds. The minimum Gasteiger partial charge on any atom is -0.489 e. The molecule has 2 heterocycles. The second-order valence-corrected chi connectivity index (χ2v) is 6.65. The van der Waals surface area contributed by atoms with Gasteiger partial charge in [0.05, 0.1) is 11.4 Å². The molecule has 1 aromatic carbocycles. The molecule has 0 saturated carbocycles. The Morgan fingerprint density at radius 1 is 1.20 bits per heavy atom. The van der Waals surface area contributed by atoms with Crippen LogP contribution in [0.15, 0.2) is 46.1 Å². The van der Waals surface area contributed by atoms with Crippen molar-refractivity contribution in [3.05, 3.63) is 79.3 Å². The number of rotatable bonds is 4. The molecule has 0 aliphatic rings. The fraction of sp³-hybridized carbons (Fsp3) is 0.167. The van der Waals surface area contributed by atoms with Crippen LogP contribution in [0.2, 0.25) is 5.15 Å². The first-order chi connectivity index (χ1) is 14.0. The zero-order chi connectivity index (χ0) is 22.2. The molecule has 0 aliphatic carbocycles. The lowest BCUT2D eigenvalue weighted by molar-refractivity contribution is -0.144. The Hall–Kier alpha value is -3.47. The van der Waals surface area contributed by atoms with Gasteiger partial charge in [0.2, 0.25) is 0 Å². The van der Waals surface area contributed by atoms with Crippen molar-refractivity contribution in [3.8, 4) is 11.4 Å². The Morgan fingerprint density at radius 3 is 2.47 bits per heavy atom. The number of aromatic nitrogens is 3. The first-order valence-electron chi connectivity index (χ1n) is 8.34. The third kappa shape index (κ3) is 3.96. The molecule has 12 heteroatoms. The molecule has 8 nitrogen and oxygen atoms in total. The maximum atomic E-state index is 13.1. The second kappa shape index (κ2) is 7.75. The summed E-state index contributed by atoms with van der Waals surface area (Å²) in [6.45, 7) is 1.07. The standard InChI is InChI=1S/C18H15ClF3N5O3/c1-9-15(18(20,21)22)27(24)17(29)26(16(9)28)13-4-3-11(6-12(13)23)30-8-10-2-5-14(19)25-7-10/h2-7H,8,23-24H2,1H3. The van der Waals surface area contributed by atoms with Crippen molar-refractivity contribution in [2.24, 2.45) is 0 Å². The number of nitrogen functional groups attached to an aromatic ring is 2. The van der Waals surface area contributed by atoms with Crippen LogP contribution in [0.3, 0.4) is 0 Å². The molecule has 0 spiro atoms. The van der Waals surface area contributed by atoms with E-state index >= 15 is 0 Å². The Balaban J connectivity index is 1.98. The van der Waals surface area contributed by atoms with Crippen LogP contribution in [-0.4, -0.2) is 14.2 Å². The van der Waals surface area contributed by atoms with Crippen molar-refractivity contribution >= 4 is 17.3 Å². The van der Waals surface area contributed by atoms with E-state index in [4.69, 9.17) is 27.9 Å². The molecule has 0 unspecified atom stereocenters. The fourth-order valence-corrected chi connectivity index (χ4v) is 2.90. The van der Waals surface area contributed by atoms with Gasteiger partial charge in [0.15, 0.2) is 5.69 Å². The average Bonchev–Trinajstić information content (AvgIpc) is 2.66. The predicted octanol–water partition coefficient (Wildman–Crippen LogP) is 2.25. The SMILES string of the molecule is Cc1c(C(F)(F)F)n(N)c(=O)n(-c2ccc(OCc3ccc(Cl)nc3)cc2N)c1=O. The summed E-state index contributed by atoms with van der Waals surface area (Å²) < 4.78 is 45.4. The summed E-state index contributed by atoms with van der Waals surface area (Å²) in [6.07, 6.45) is -3.45. The number of alkyl halides is 3. The lowest BCUT2D eigenvalue weighted by atomic mass is 10.2. The molecule has 30 heavy (non-hydrogen) atoms. The van der Waals surface area contributed by atoms with Gasteiger partial charge in [0.25, 0.3) is 5.56 Å². The summed E-state index contributed by atoms with van der Waals surface area (Å²) in [7, 11) is 0. The Labute approximate surface area is 172 Å². The first-order valence-corrected chi connectivity index (χ1v) is 8.72. The smallest absolute Gasteiger partial charge is 0.433 e. The summed E-state index contributed by atoms with van der Waals surface area (Å²) in [4.78, 5) is 28.8. The van der Waals surface area contributed by atoms with E-state index < -0.39 is 28.7 Å². The molecule has 3 rings (SSSR count). The van der Waals surface area contributed by atoms with Crippen molar-refractivity contribution in [1.82, 2.24) is 14.2 Å². The summed E-state index contributed by atoms with van der Waals surface area (Å²) >= 11 is 5.71. The van der Waals surface area contributed by atoms with Crippen LogP contribution in [0.5, 0.6) is 5.75 Å². The van der Waals surface area contributed by atoms with Gasteiger partial charge in [0, 0.05) is 23.4 Å². The predicted molar refractivity (Wildman–Crippen MR) is 104 cm³/mol. The van der Waals surface area contributed by atoms with E-state index in [1.807, 2.05) is 0 Å². The number of halogens is 4. The summed E-state index contributed by atoms with van der Waals surface area (Å²) in [6, 6.07) is 7.32. The lowest BCUT2D eigenvalue weighted by Crippen LogP contribution is -2.47. The highest BCUT2D eigenvalue weighted by Gasteiger charge is 2.38. The maximum absolute atomic E-state index is 13.1. The number of anilines is 1. The van der Waals surface area contributed by atoms with Crippen molar-refractivity contribution in [2.75, 3.05) is 11.6 Å². The molecule has 0 aliphatic heterocycles. The van der Waals surface area contributed by atoms with Crippen LogP contribution in [0.1, 0.15) is 16.8 Å². The van der Waals surface area contributed by atoms with E-state index in [0.717, 1.165) is 12.5 Å². The first kappa shape index (κ1) is 21.2. The number of nitrogens with two attached hydrogens (primary N) is 2. The van der Waals surface area contributed by atoms with E-state index in [9.17, 15) is 22.8 Å². The Kier molecular flexibility index (Phi) is 5.49. The minimum atomic E-state index is -4.98. The van der Waals surface area contributed by atoms with Crippen LogP contribution in [0.25, 0.3) is 5.69 Å². The van der Waals surface area contributed by atoms with Crippen LogP contribution in [0, 0.1) is 6.92 Å². The van der Waals surface area contributed by atoms with Gasteiger partial charge in [-0.3, -0.25) is 4.79 Å². The molecule has 4 N–H and O–H groups in total. The molecule has 0 atom stereocenters.